The van der Waals surface area contributed by atoms with E-state index in [4.69, 9.17) is 18.9 Å². The number of aliphatic hydroxyl groups excluding tert-OH is 7. The van der Waals surface area contributed by atoms with Crippen molar-refractivity contribution in [2.45, 2.75) is 120 Å². The average molecular weight is 497 g/mol. The fourth-order valence-corrected chi connectivity index (χ4v) is 4.03. The van der Waals surface area contributed by atoms with Crippen LogP contribution in [0.15, 0.2) is 0 Å². The predicted octanol–water partition coefficient (Wildman–Crippen LogP) is -1.71. The van der Waals surface area contributed by atoms with Crippen molar-refractivity contribution in [1.82, 2.24) is 0 Å². The van der Waals surface area contributed by atoms with Crippen LogP contribution in [0, 0.1) is 0 Å². The maximum absolute atomic E-state index is 12.0. The molecule has 0 aromatic heterocycles. The summed E-state index contributed by atoms with van der Waals surface area (Å²) in [5.74, 6) is -0.490. The van der Waals surface area contributed by atoms with Crippen molar-refractivity contribution < 1.29 is 59.5 Å². The molecule has 0 radical (unpaired) electrons. The molecule has 7 N–H and O–H groups in total. The Morgan fingerprint density at radius 3 is 2.06 bits per heavy atom. The number of hydrogen-bond donors (Lipinski definition) is 7. The molecule has 2 saturated heterocycles. The molecule has 2 fully saturated rings. The van der Waals surface area contributed by atoms with Crippen LogP contribution in [0.1, 0.15) is 58.3 Å². The van der Waals surface area contributed by atoms with Crippen LogP contribution < -0.4 is 0 Å². The molecule has 1 unspecified atom stereocenters. The molecule has 2 rings (SSSR count). The molecule has 2 heterocycles. The lowest BCUT2D eigenvalue weighted by Gasteiger charge is -2.45. The number of carbonyl (C=O) groups is 1. The van der Waals surface area contributed by atoms with E-state index in [0.717, 1.165) is 19.3 Å². The van der Waals surface area contributed by atoms with Crippen LogP contribution in [0.3, 0.4) is 0 Å². The lowest BCUT2D eigenvalue weighted by atomic mass is 9.97. The predicted molar refractivity (Wildman–Crippen MR) is 115 cm³/mol. The summed E-state index contributed by atoms with van der Waals surface area (Å²) >= 11 is 0. The van der Waals surface area contributed by atoms with Crippen molar-refractivity contribution in [3.8, 4) is 0 Å². The molecule has 12 nitrogen and oxygen atoms in total. The zero-order chi connectivity index (χ0) is 25.3. The first kappa shape index (κ1) is 29.3. The smallest absolute Gasteiger partial charge is 0.305 e. The Bertz CT molecular complexity index is 590. The fraction of sp³-hybridized carbons (Fsp3) is 0.955. The van der Waals surface area contributed by atoms with E-state index in [-0.39, 0.29) is 6.42 Å². The summed E-state index contributed by atoms with van der Waals surface area (Å²) in [7, 11) is 0. The standard InChI is InChI=1S/C22H40O12/c1-2-3-4-5-6-7-8-9-14(24)31-11-13-15(25)16(26)19(29)22(33-13)34-20-12(10-23)32-21(30)18(28)17(20)27/h12-13,15-23,25-30H,2-11H2,1H3/t12-,13-,15+,16+,17-,18-,19-,20-,21?,22+/m1/s1. The molecule has 12 heteroatoms. The van der Waals surface area contributed by atoms with Crippen molar-refractivity contribution in [1.29, 1.82) is 0 Å². The first-order valence-corrected chi connectivity index (χ1v) is 12.0. The number of unbranched alkanes of at least 4 members (excludes halogenated alkanes) is 6. The van der Waals surface area contributed by atoms with E-state index in [0.29, 0.717) is 6.42 Å². The quantitative estimate of drug-likeness (QED) is 0.113. The van der Waals surface area contributed by atoms with Gasteiger partial charge in [-0.1, -0.05) is 45.4 Å². The van der Waals surface area contributed by atoms with E-state index < -0.39 is 80.6 Å². The molecule has 0 aromatic carbocycles. The summed E-state index contributed by atoms with van der Waals surface area (Å²) in [6, 6.07) is 0. The van der Waals surface area contributed by atoms with Crippen LogP contribution in [-0.2, 0) is 23.7 Å². The Balaban J connectivity index is 1.85. The normalized spacial score (nSPS) is 38.6. The van der Waals surface area contributed by atoms with E-state index in [2.05, 4.69) is 6.92 Å². The molecule has 34 heavy (non-hydrogen) atoms. The van der Waals surface area contributed by atoms with E-state index >= 15 is 0 Å². The van der Waals surface area contributed by atoms with Crippen molar-refractivity contribution >= 4 is 5.97 Å². The third-order valence-corrected chi connectivity index (χ3v) is 6.19. The number of carbonyl (C=O) groups excluding carboxylic acids is 1. The van der Waals surface area contributed by atoms with Gasteiger partial charge in [0.15, 0.2) is 12.6 Å². The summed E-state index contributed by atoms with van der Waals surface area (Å²) < 4.78 is 21.1. The summed E-state index contributed by atoms with van der Waals surface area (Å²) in [6.45, 7) is 1.04. The van der Waals surface area contributed by atoms with Gasteiger partial charge in [0, 0.05) is 6.42 Å². The minimum absolute atomic E-state index is 0.200. The summed E-state index contributed by atoms with van der Waals surface area (Å²) in [5.41, 5.74) is 0. The highest BCUT2D eigenvalue weighted by atomic mass is 16.7. The highest BCUT2D eigenvalue weighted by Crippen LogP contribution is 2.28. The first-order chi connectivity index (χ1) is 16.2. The maximum atomic E-state index is 12.0. The number of aliphatic hydroxyl groups is 7. The Kier molecular flexibility index (Phi) is 12.6. The molecule has 0 aromatic rings. The molecule has 0 amide bonds. The number of rotatable bonds is 13. The van der Waals surface area contributed by atoms with Gasteiger partial charge in [0.05, 0.1) is 6.61 Å². The monoisotopic (exact) mass is 496 g/mol. The minimum atomic E-state index is -1.76. The van der Waals surface area contributed by atoms with Crippen molar-refractivity contribution in [3.05, 3.63) is 0 Å². The Morgan fingerprint density at radius 2 is 1.41 bits per heavy atom. The van der Waals surface area contributed by atoms with Crippen LogP contribution in [0.25, 0.3) is 0 Å². The molecule has 2 aliphatic heterocycles. The molecule has 200 valence electrons. The van der Waals surface area contributed by atoms with Gasteiger partial charge in [-0.15, -0.1) is 0 Å². The van der Waals surface area contributed by atoms with Gasteiger partial charge in [-0.05, 0) is 6.42 Å². The topological polar surface area (TPSA) is 196 Å². The maximum Gasteiger partial charge on any atom is 0.305 e. The molecule has 0 spiro atoms. The minimum Gasteiger partial charge on any atom is -0.463 e. The van der Waals surface area contributed by atoms with Crippen LogP contribution in [-0.4, -0.2) is 116 Å². The van der Waals surface area contributed by atoms with Gasteiger partial charge in [0.2, 0.25) is 0 Å². The van der Waals surface area contributed by atoms with Gasteiger partial charge in [0.1, 0.15) is 55.4 Å². The second-order valence-corrected chi connectivity index (χ2v) is 8.90. The third kappa shape index (κ3) is 8.05. The van der Waals surface area contributed by atoms with Crippen LogP contribution in [0.5, 0.6) is 0 Å². The van der Waals surface area contributed by atoms with Crippen molar-refractivity contribution in [3.63, 3.8) is 0 Å². The van der Waals surface area contributed by atoms with Crippen LogP contribution in [0.2, 0.25) is 0 Å². The van der Waals surface area contributed by atoms with Gasteiger partial charge in [-0.3, -0.25) is 4.79 Å². The van der Waals surface area contributed by atoms with E-state index in [1.807, 2.05) is 0 Å². The first-order valence-electron chi connectivity index (χ1n) is 12.0. The lowest BCUT2D eigenvalue weighted by Crippen LogP contribution is -2.64. The molecule has 0 saturated carbocycles. The molecule has 0 aliphatic carbocycles. The highest BCUT2D eigenvalue weighted by Gasteiger charge is 2.50. The largest absolute Gasteiger partial charge is 0.463 e. The van der Waals surface area contributed by atoms with Gasteiger partial charge in [-0.2, -0.15) is 0 Å². The number of hydrogen-bond acceptors (Lipinski definition) is 12. The Labute approximate surface area is 199 Å². The summed E-state index contributed by atoms with van der Waals surface area (Å²) in [4.78, 5) is 12.0. The lowest BCUT2D eigenvalue weighted by molar-refractivity contribution is -0.355. The molecular formula is C22H40O12. The average Bonchev–Trinajstić information content (AvgIpc) is 2.82. The number of ether oxygens (including phenoxy) is 4. The van der Waals surface area contributed by atoms with Gasteiger partial charge < -0.3 is 54.7 Å². The second-order valence-electron chi connectivity index (χ2n) is 8.90. The van der Waals surface area contributed by atoms with Crippen molar-refractivity contribution in [2.24, 2.45) is 0 Å². The fourth-order valence-electron chi connectivity index (χ4n) is 4.03. The van der Waals surface area contributed by atoms with Crippen LogP contribution >= 0.6 is 0 Å². The zero-order valence-corrected chi connectivity index (χ0v) is 19.5. The van der Waals surface area contributed by atoms with Crippen LogP contribution in [0.4, 0.5) is 0 Å². The van der Waals surface area contributed by atoms with Crippen molar-refractivity contribution in [2.75, 3.05) is 13.2 Å². The molecule has 2 aliphatic rings. The van der Waals surface area contributed by atoms with E-state index in [1.54, 1.807) is 0 Å². The Hall–Kier alpha value is -0.930. The van der Waals surface area contributed by atoms with Gasteiger partial charge in [-0.25, -0.2) is 0 Å². The van der Waals surface area contributed by atoms with E-state index in [9.17, 15) is 40.5 Å². The van der Waals surface area contributed by atoms with Gasteiger partial charge in [0.25, 0.3) is 0 Å². The second kappa shape index (κ2) is 14.6. The molecule has 0 bridgehead atoms. The van der Waals surface area contributed by atoms with Gasteiger partial charge >= 0.3 is 5.97 Å². The molecular weight excluding hydrogens is 456 g/mol. The summed E-state index contributed by atoms with van der Waals surface area (Å²) in [5, 5.41) is 69.7. The number of esters is 1. The zero-order valence-electron chi connectivity index (χ0n) is 19.5. The SMILES string of the molecule is CCCCCCCCCC(=O)OC[C@H]1O[C@@H](O[C@H]2[C@H](O)[C@@H](O)C(O)O[C@@H]2CO)[C@H](O)[C@@H](O)[C@H]1O. The third-order valence-electron chi connectivity index (χ3n) is 6.19. The molecule has 10 atom stereocenters. The van der Waals surface area contributed by atoms with E-state index in [1.165, 1.54) is 19.3 Å². The summed E-state index contributed by atoms with van der Waals surface area (Å²) in [6.07, 6.45) is -8.39. The highest BCUT2D eigenvalue weighted by molar-refractivity contribution is 5.69. The Morgan fingerprint density at radius 1 is 0.765 bits per heavy atom.